The molecule has 19 heavy (non-hydrogen) atoms. The summed E-state index contributed by atoms with van der Waals surface area (Å²) in [7, 11) is 0. The molecular weight excluding hydrogens is 260 g/mol. The van der Waals surface area contributed by atoms with Gasteiger partial charge in [-0.3, -0.25) is 0 Å². The Bertz CT molecular complexity index is 548. The van der Waals surface area contributed by atoms with Gasteiger partial charge in [-0.15, -0.1) is 0 Å². The zero-order valence-electron chi connectivity index (χ0n) is 11.6. The summed E-state index contributed by atoms with van der Waals surface area (Å²) < 4.78 is 5.55. The first-order valence-electron chi connectivity index (χ1n) is 6.30. The fourth-order valence-electron chi connectivity index (χ4n) is 1.51. The van der Waals surface area contributed by atoms with Crippen molar-refractivity contribution in [1.29, 1.82) is 0 Å². The van der Waals surface area contributed by atoms with Crippen molar-refractivity contribution in [3.8, 4) is 0 Å². The van der Waals surface area contributed by atoms with Crippen LogP contribution >= 0.6 is 11.8 Å². The number of nitrogens with zero attached hydrogens (tertiary/aromatic N) is 3. The van der Waals surface area contributed by atoms with Crippen LogP contribution in [0.1, 0.15) is 30.6 Å². The molecule has 1 N–H and O–H groups in total. The summed E-state index contributed by atoms with van der Waals surface area (Å²) in [4.78, 5) is 13.1. The first kappa shape index (κ1) is 13.9. The molecule has 0 saturated carbocycles. The Hall–Kier alpha value is -1.56. The van der Waals surface area contributed by atoms with Gasteiger partial charge in [0, 0.05) is 12.6 Å². The normalized spacial score (nSPS) is 10.7. The van der Waals surface area contributed by atoms with Crippen LogP contribution in [0, 0.1) is 20.8 Å². The molecule has 0 aliphatic heterocycles. The molecule has 2 aromatic rings. The van der Waals surface area contributed by atoms with Crippen LogP contribution in [0.3, 0.4) is 0 Å². The van der Waals surface area contributed by atoms with Crippen LogP contribution in [0.4, 0.5) is 5.82 Å². The third kappa shape index (κ3) is 3.70. The zero-order valence-corrected chi connectivity index (χ0v) is 12.5. The van der Waals surface area contributed by atoms with Crippen molar-refractivity contribution in [1.82, 2.24) is 15.0 Å². The number of hydrogen-bond donors (Lipinski definition) is 1. The lowest BCUT2D eigenvalue weighted by Gasteiger charge is -2.06. The Morgan fingerprint density at radius 2 is 2.00 bits per heavy atom. The maximum absolute atomic E-state index is 5.55. The first-order valence-corrected chi connectivity index (χ1v) is 7.11. The minimum Gasteiger partial charge on any atom is -0.436 e. The molecule has 0 unspecified atom stereocenters. The second kappa shape index (κ2) is 6.06. The summed E-state index contributed by atoms with van der Waals surface area (Å²) in [5, 5.41) is 4.72. The molecule has 0 spiro atoms. The van der Waals surface area contributed by atoms with Gasteiger partial charge in [0.2, 0.25) is 0 Å². The van der Waals surface area contributed by atoms with Crippen LogP contribution < -0.4 is 5.32 Å². The minimum absolute atomic E-state index is 0.620. The van der Waals surface area contributed by atoms with Crippen molar-refractivity contribution in [3.63, 3.8) is 0 Å². The number of nitrogens with one attached hydrogen (secondary N) is 1. The molecule has 0 bridgehead atoms. The predicted octanol–water partition coefficient (Wildman–Crippen LogP) is 3.36. The van der Waals surface area contributed by atoms with Crippen LogP contribution in [-0.4, -0.2) is 21.5 Å². The topological polar surface area (TPSA) is 63.8 Å². The molecule has 0 saturated heterocycles. The molecule has 0 radical (unpaired) electrons. The van der Waals surface area contributed by atoms with Crippen LogP contribution in [0.5, 0.6) is 0 Å². The van der Waals surface area contributed by atoms with E-state index in [9.17, 15) is 0 Å². The fourth-order valence-corrected chi connectivity index (χ4v) is 2.39. The standard InChI is InChI=1S/C13H18N4OS/c1-5-6-14-11-7-12(17-10(4)16-11)19-13-15-8(2)9(3)18-13/h7H,5-6H2,1-4H3,(H,14,16,17). The summed E-state index contributed by atoms with van der Waals surface area (Å²) >= 11 is 1.42. The van der Waals surface area contributed by atoms with E-state index in [2.05, 4.69) is 27.2 Å². The average molecular weight is 278 g/mol. The molecule has 2 aromatic heterocycles. The van der Waals surface area contributed by atoms with E-state index in [0.717, 1.165) is 41.1 Å². The summed E-state index contributed by atoms with van der Waals surface area (Å²) in [6.07, 6.45) is 1.06. The molecular formula is C13H18N4OS. The molecule has 102 valence electrons. The maximum Gasteiger partial charge on any atom is 0.262 e. The van der Waals surface area contributed by atoms with Gasteiger partial charge in [0.25, 0.3) is 5.22 Å². The zero-order chi connectivity index (χ0) is 13.8. The van der Waals surface area contributed by atoms with E-state index in [1.54, 1.807) is 0 Å². The van der Waals surface area contributed by atoms with Crippen molar-refractivity contribution in [2.24, 2.45) is 0 Å². The molecule has 0 amide bonds. The smallest absolute Gasteiger partial charge is 0.262 e. The van der Waals surface area contributed by atoms with Crippen molar-refractivity contribution in [2.45, 2.75) is 44.4 Å². The lowest BCUT2D eigenvalue weighted by molar-refractivity contribution is 0.431. The number of hydrogen-bond acceptors (Lipinski definition) is 6. The third-order valence-corrected chi connectivity index (χ3v) is 3.34. The van der Waals surface area contributed by atoms with Crippen molar-refractivity contribution in [2.75, 3.05) is 11.9 Å². The average Bonchev–Trinajstić information content (AvgIpc) is 2.65. The third-order valence-electron chi connectivity index (χ3n) is 2.57. The first-order chi connectivity index (χ1) is 9.08. The van der Waals surface area contributed by atoms with Gasteiger partial charge >= 0.3 is 0 Å². The summed E-state index contributed by atoms with van der Waals surface area (Å²) in [5.41, 5.74) is 0.914. The SMILES string of the molecule is CCCNc1cc(Sc2nc(C)c(C)o2)nc(C)n1. The molecule has 0 aliphatic carbocycles. The summed E-state index contributed by atoms with van der Waals surface area (Å²) in [6.45, 7) is 8.74. The van der Waals surface area contributed by atoms with Gasteiger partial charge in [0.05, 0.1) is 5.69 Å². The van der Waals surface area contributed by atoms with E-state index < -0.39 is 0 Å². The Labute approximate surface area is 117 Å². The molecule has 0 aromatic carbocycles. The summed E-state index contributed by atoms with van der Waals surface area (Å²) in [6, 6.07) is 1.92. The number of oxazole rings is 1. The Balaban J connectivity index is 2.17. The van der Waals surface area contributed by atoms with Gasteiger partial charge < -0.3 is 9.73 Å². The molecule has 6 heteroatoms. The molecule has 0 aliphatic rings. The van der Waals surface area contributed by atoms with Crippen LogP contribution in [0.2, 0.25) is 0 Å². The quantitative estimate of drug-likeness (QED) is 0.846. The highest BCUT2D eigenvalue weighted by molar-refractivity contribution is 7.99. The molecule has 2 heterocycles. The van der Waals surface area contributed by atoms with Gasteiger partial charge in [-0.05, 0) is 39.0 Å². The van der Waals surface area contributed by atoms with Gasteiger partial charge in [-0.2, -0.15) is 0 Å². The Morgan fingerprint density at radius 1 is 1.21 bits per heavy atom. The Kier molecular flexibility index (Phi) is 4.42. The number of aromatic nitrogens is 3. The highest BCUT2D eigenvalue weighted by atomic mass is 32.2. The summed E-state index contributed by atoms with van der Waals surface area (Å²) in [5.74, 6) is 2.43. The van der Waals surface area contributed by atoms with Crippen molar-refractivity contribution in [3.05, 3.63) is 23.3 Å². The highest BCUT2D eigenvalue weighted by Crippen LogP contribution is 2.28. The van der Waals surface area contributed by atoms with Gasteiger partial charge in [0.1, 0.15) is 22.4 Å². The second-order valence-electron chi connectivity index (χ2n) is 4.29. The predicted molar refractivity (Wildman–Crippen MR) is 75.6 cm³/mol. The van der Waals surface area contributed by atoms with E-state index in [1.165, 1.54) is 11.8 Å². The van der Waals surface area contributed by atoms with Crippen LogP contribution in [-0.2, 0) is 0 Å². The van der Waals surface area contributed by atoms with Crippen LogP contribution in [0.25, 0.3) is 0 Å². The highest BCUT2D eigenvalue weighted by Gasteiger charge is 2.10. The molecule has 5 nitrogen and oxygen atoms in total. The van der Waals surface area contributed by atoms with Crippen molar-refractivity contribution < 1.29 is 4.42 Å². The van der Waals surface area contributed by atoms with E-state index in [-0.39, 0.29) is 0 Å². The number of anilines is 1. The number of aryl methyl sites for hydroxylation is 3. The maximum atomic E-state index is 5.55. The molecule has 2 rings (SSSR count). The van der Waals surface area contributed by atoms with E-state index in [4.69, 9.17) is 4.42 Å². The monoisotopic (exact) mass is 278 g/mol. The van der Waals surface area contributed by atoms with Gasteiger partial charge in [0.15, 0.2) is 0 Å². The van der Waals surface area contributed by atoms with E-state index in [0.29, 0.717) is 5.22 Å². The lowest BCUT2D eigenvalue weighted by atomic mass is 10.4. The van der Waals surface area contributed by atoms with Crippen LogP contribution in [0.15, 0.2) is 20.7 Å². The molecule has 0 atom stereocenters. The van der Waals surface area contributed by atoms with E-state index in [1.807, 2.05) is 26.8 Å². The fraction of sp³-hybridized carbons (Fsp3) is 0.462. The minimum atomic E-state index is 0.620. The molecule has 0 fully saturated rings. The Morgan fingerprint density at radius 3 is 2.63 bits per heavy atom. The van der Waals surface area contributed by atoms with Gasteiger partial charge in [-0.1, -0.05) is 6.92 Å². The number of rotatable bonds is 5. The van der Waals surface area contributed by atoms with Gasteiger partial charge in [-0.25, -0.2) is 15.0 Å². The van der Waals surface area contributed by atoms with Crippen molar-refractivity contribution >= 4 is 17.6 Å². The lowest BCUT2D eigenvalue weighted by Crippen LogP contribution is -2.04. The second-order valence-corrected chi connectivity index (χ2v) is 5.26. The van der Waals surface area contributed by atoms with E-state index >= 15 is 0 Å². The largest absolute Gasteiger partial charge is 0.436 e.